The van der Waals surface area contributed by atoms with E-state index in [1.807, 2.05) is 18.3 Å². The molecule has 2 aromatic rings. The van der Waals surface area contributed by atoms with Crippen molar-refractivity contribution in [2.75, 3.05) is 38.1 Å². The first-order valence-electron chi connectivity index (χ1n) is 8.04. The molecule has 1 saturated heterocycles. The highest BCUT2D eigenvalue weighted by molar-refractivity contribution is 6.30. The molecule has 1 aromatic heterocycles. The van der Waals surface area contributed by atoms with Gasteiger partial charge in [0.2, 0.25) is 0 Å². The highest BCUT2D eigenvalue weighted by atomic mass is 35.5. The number of carbonyl (C=O) groups is 1. The molecule has 1 fully saturated rings. The number of carbonyl (C=O) groups excluding carboxylic acids is 1. The van der Waals surface area contributed by atoms with Crippen LogP contribution < -0.4 is 10.2 Å². The van der Waals surface area contributed by atoms with Crippen molar-refractivity contribution in [2.45, 2.75) is 6.54 Å². The van der Waals surface area contributed by atoms with E-state index >= 15 is 0 Å². The number of pyridine rings is 1. The van der Waals surface area contributed by atoms with Crippen LogP contribution >= 0.6 is 11.6 Å². The van der Waals surface area contributed by atoms with Gasteiger partial charge in [-0.3, -0.25) is 4.79 Å². The van der Waals surface area contributed by atoms with Crippen LogP contribution in [-0.2, 0) is 6.54 Å². The summed E-state index contributed by atoms with van der Waals surface area (Å²) in [6.45, 7) is 4.54. The number of rotatable bonds is 4. The fourth-order valence-corrected chi connectivity index (χ4v) is 2.85. The van der Waals surface area contributed by atoms with Crippen LogP contribution in [-0.4, -0.2) is 49.0 Å². The van der Waals surface area contributed by atoms with Gasteiger partial charge in [-0.05, 0) is 36.9 Å². The summed E-state index contributed by atoms with van der Waals surface area (Å²) in [5.41, 5.74) is 1.53. The van der Waals surface area contributed by atoms with Gasteiger partial charge in [0.15, 0.2) is 0 Å². The molecular weight excluding hydrogens is 324 g/mol. The third-order valence-electron chi connectivity index (χ3n) is 4.18. The van der Waals surface area contributed by atoms with Gasteiger partial charge in [-0.1, -0.05) is 23.7 Å². The van der Waals surface area contributed by atoms with Gasteiger partial charge < -0.3 is 15.1 Å². The highest BCUT2D eigenvalue weighted by Crippen LogP contribution is 2.14. The molecule has 1 aromatic carbocycles. The van der Waals surface area contributed by atoms with Crippen LogP contribution in [0, 0.1) is 0 Å². The monoisotopic (exact) mass is 344 g/mol. The van der Waals surface area contributed by atoms with E-state index in [0.717, 1.165) is 37.6 Å². The van der Waals surface area contributed by atoms with Gasteiger partial charge in [-0.2, -0.15) is 0 Å². The van der Waals surface area contributed by atoms with Crippen molar-refractivity contribution in [1.82, 2.24) is 15.2 Å². The van der Waals surface area contributed by atoms with E-state index in [1.54, 1.807) is 24.3 Å². The SMILES string of the molecule is CN1CCN(c2ccc(CNC(=O)c3cccc(Cl)c3)cn2)CC1. The quantitative estimate of drug-likeness (QED) is 0.925. The first kappa shape index (κ1) is 16.7. The summed E-state index contributed by atoms with van der Waals surface area (Å²) in [7, 11) is 2.14. The number of anilines is 1. The Bertz CT molecular complexity index is 696. The molecule has 5 nitrogen and oxygen atoms in total. The number of hydrogen-bond donors (Lipinski definition) is 1. The van der Waals surface area contributed by atoms with Crippen molar-refractivity contribution in [2.24, 2.45) is 0 Å². The maximum atomic E-state index is 12.1. The Morgan fingerprint density at radius 2 is 2.00 bits per heavy atom. The van der Waals surface area contributed by atoms with Gasteiger partial charge >= 0.3 is 0 Å². The second kappa shape index (κ2) is 7.64. The number of nitrogens with one attached hydrogen (secondary N) is 1. The molecule has 2 heterocycles. The summed E-state index contributed by atoms with van der Waals surface area (Å²) in [4.78, 5) is 21.2. The number of piperazine rings is 1. The molecule has 1 aliphatic rings. The molecule has 1 aliphatic heterocycles. The lowest BCUT2D eigenvalue weighted by Gasteiger charge is -2.33. The first-order valence-corrected chi connectivity index (χ1v) is 8.42. The molecule has 3 rings (SSSR count). The third kappa shape index (κ3) is 4.24. The van der Waals surface area contributed by atoms with Gasteiger partial charge in [-0.15, -0.1) is 0 Å². The van der Waals surface area contributed by atoms with E-state index in [1.165, 1.54) is 0 Å². The lowest BCUT2D eigenvalue weighted by atomic mass is 10.2. The Morgan fingerprint density at radius 1 is 1.21 bits per heavy atom. The van der Waals surface area contributed by atoms with Crippen molar-refractivity contribution < 1.29 is 4.79 Å². The number of amides is 1. The molecule has 0 bridgehead atoms. The maximum Gasteiger partial charge on any atom is 0.251 e. The average molecular weight is 345 g/mol. The van der Waals surface area contributed by atoms with Crippen LogP contribution in [0.25, 0.3) is 0 Å². The van der Waals surface area contributed by atoms with Crippen LogP contribution in [0.3, 0.4) is 0 Å². The minimum atomic E-state index is -0.138. The van der Waals surface area contributed by atoms with E-state index in [4.69, 9.17) is 11.6 Å². The molecule has 6 heteroatoms. The van der Waals surface area contributed by atoms with Crippen molar-refractivity contribution >= 4 is 23.3 Å². The molecule has 0 spiro atoms. The Labute approximate surface area is 147 Å². The minimum absolute atomic E-state index is 0.138. The number of hydrogen-bond acceptors (Lipinski definition) is 4. The van der Waals surface area contributed by atoms with E-state index in [-0.39, 0.29) is 5.91 Å². The van der Waals surface area contributed by atoms with Crippen LogP contribution in [0.5, 0.6) is 0 Å². The summed E-state index contributed by atoms with van der Waals surface area (Å²) in [6, 6.07) is 11.0. The third-order valence-corrected chi connectivity index (χ3v) is 4.41. The molecule has 0 saturated carbocycles. The molecule has 1 amide bonds. The van der Waals surface area contributed by atoms with Crippen LogP contribution in [0.4, 0.5) is 5.82 Å². The molecule has 24 heavy (non-hydrogen) atoms. The van der Waals surface area contributed by atoms with E-state index in [2.05, 4.69) is 27.1 Å². The Morgan fingerprint density at radius 3 is 2.67 bits per heavy atom. The predicted molar refractivity (Wildman–Crippen MR) is 96.6 cm³/mol. The van der Waals surface area contributed by atoms with Crippen LogP contribution in [0.1, 0.15) is 15.9 Å². The summed E-state index contributed by atoms with van der Waals surface area (Å²) in [5.74, 6) is 0.855. The fourth-order valence-electron chi connectivity index (χ4n) is 2.66. The first-order chi connectivity index (χ1) is 11.6. The van der Waals surface area contributed by atoms with Gasteiger partial charge in [0.25, 0.3) is 5.91 Å². The fraction of sp³-hybridized carbons (Fsp3) is 0.333. The summed E-state index contributed by atoms with van der Waals surface area (Å²) < 4.78 is 0. The van der Waals surface area contributed by atoms with Crippen molar-refractivity contribution in [1.29, 1.82) is 0 Å². The van der Waals surface area contributed by atoms with Gasteiger partial charge in [0, 0.05) is 49.5 Å². The van der Waals surface area contributed by atoms with E-state index in [0.29, 0.717) is 17.1 Å². The van der Waals surface area contributed by atoms with E-state index in [9.17, 15) is 4.79 Å². The van der Waals surface area contributed by atoms with Crippen LogP contribution in [0.15, 0.2) is 42.6 Å². The molecular formula is C18H21ClN4O. The standard InChI is InChI=1S/C18H21ClN4O/c1-22-7-9-23(10-8-22)17-6-5-14(12-20-17)13-21-18(24)15-3-2-4-16(19)11-15/h2-6,11-12H,7-10,13H2,1H3,(H,21,24). The van der Waals surface area contributed by atoms with E-state index < -0.39 is 0 Å². The predicted octanol–water partition coefficient (Wildman–Crippen LogP) is 2.42. The zero-order valence-electron chi connectivity index (χ0n) is 13.7. The summed E-state index contributed by atoms with van der Waals surface area (Å²) in [6.07, 6.45) is 1.83. The molecule has 0 aliphatic carbocycles. The number of aromatic nitrogens is 1. The number of likely N-dealkylation sites (N-methyl/N-ethyl adjacent to an activating group) is 1. The smallest absolute Gasteiger partial charge is 0.251 e. The minimum Gasteiger partial charge on any atom is -0.354 e. The number of halogens is 1. The van der Waals surface area contributed by atoms with Gasteiger partial charge in [0.05, 0.1) is 0 Å². The highest BCUT2D eigenvalue weighted by Gasteiger charge is 2.15. The molecule has 0 unspecified atom stereocenters. The van der Waals surface area contributed by atoms with Gasteiger partial charge in [0.1, 0.15) is 5.82 Å². The molecule has 126 valence electrons. The maximum absolute atomic E-state index is 12.1. The normalized spacial score (nSPS) is 15.3. The topological polar surface area (TPSA) is 48.5 Å². The Balaban J connectivity index is 1.55. The van der Waals surface area contributed by atoms with Crippen LogP contribution in [0.2, 0.25) is 5.02 Å². The lowest BCUT2D eigenvalue weighted by Crippen LogP contribution is -2.44. The lowest BCUT2D eigenvalue weighted by molar-refractivity contribution is 0.0951. The second-order valence-corrected chi connectivity index (χ2v) is 6.44. The van der Waals surface area contributed by atoms with Crippen molar-refractivity contribution in [3.05, 3.63) is 58.7 Å². The second-order valence-electron chi connectivity index (χ2n) is 6.01. The molecule has 1 N–H and O–H groups in total. The molecule has 0 atom stereocenters. The average Bonchev–Trinajstić information content (AvgIpc) is 2.61. The number of benzene rings is 1. The van der Waals surface area contributed by atoms with Crippen molar-refractivity contribution in [3.63, 3.8) is 0 Å². The summed E-state index contributed by atoms with van der Waals surface area (Å²) in [5, 5.41) is 3.45. The van der Waals surface area contributed by atoms with Gasteiger partial charge in [-0.25, -0.2) is 4.98 Å². The zero-order valence-corrected chi connectivity index (χ0v) is 14.5. The van der Waals surface area contributed by atoms with Crippen molar-refractivity contribution in [3.8, 4) is 0 Å². The Hall–Kier alpha value is -2.11. The number of nitrogens with zero attached hydrogens (tertiary/aromatic N) is 3. The summed E-state index contributed by atoms with van der Waals surface area (Å²) >= 11 is 5.91. The largest absolute Gasteiger partial charge is 0.354 e. The zero-order chi connectivity index (χ0) is 16.9. The Kier molecular flexibility index (Phi) is 5.33. The molecule has 0 radical (unpaired) electrons.